The van der Waals surface area contributed by atoms with Crippen molar-refractivity contribution in [1.82, 2.24) is 10.2 Å². The lowest BCUT2D eigenvalue weighted by Gasteiger charge is -2.24. The molecule has 2 rings (SSSR count). The molecule has 1 aromatic rings. The van der Waals surface area contributed by atoms with Crippen LogP contribution in [0.5, 0.6) is 0 Å². The van der Waals surface area contributed by atoms with E-state index >= 15 is 0 Å². The molecule has 1 aliphatic rings. The van der Waals surface area contributed by atoms with E-state index in [9.17, 15) is 4.79 Å². The third-order valence-corrected chi connectivity index (χ3v) is 2.82. The Hall–Kier alpha value is -1.14. The van der Waals surface area contributed by atoms with Gasteiger partial charge in [0, 0.05) is 0 Å². The van der Waals surface area contributed by atoms with Gasteiger partial charge in [-0.15, -0.1) is 10.2 Å². The van der Waals surface area contributed by atoms with Gasteiger partial charge < -0.3 is 9.84 Å². The standard InChI is InChI=1S/C8H8N2O3S/c11-8(12)6-1-2-7(10-9-6)14-5-3-13-4-5/h1-2,5H,3-4H2,(H,11,12). The van der Waals surface area contributed by atoms with E-state index in [-0.39, 0.29) is 5.69 Å². The summed E-state index contributed by atoms with van der Waals surface area (Å²) in [7, 11) is 0. The number of rotatable bonds is 3. The van der Waals surface area contributed by atoms with Crippen molar-refractivity contribution >= 4 is 17.7 Å². The zero-order chi connectivity index (χ0) is 9.97. The number of hydrogen-bond donors (Lipinski definition) is 1. The highest BCUT2D eigenvalue weighted by molar-refractivity contribution is 8.00. The molecule has 0 radical (unpaired) electrons. The summed E-state index contributed by atoms with van der Waals surface area (Å²) in [4.78, 5) is 10.5. The predicted octanol–water partition coefficient (Wildman–Crippen LogP) is 0.666. The Morgan fingerprint density at radius 1 is 1.50 bits per heavy atom. The molecule has 1 N–H and O–H groups in total. The molecule has 0 atom stereocenters. The second-order valence-electron chi connectivity index (χ2n) is 2.84. The zero-order valence-corrected chi connectivity index (χ0v) is 8.03. The first kappa shape index (κ1) is 9.42. The first-order valence-electron chi connectivity index (χ1n) is 4.07. The summed E-state index contributed by atoms with van der Waals surface area (Å²) in [5.74, 6) is -1.05. The minimum absolute atomic E-state index is 0.0285. The van der Waals surface area contributed by atoms with Crippen LogP contribution in [0.1, 0.15) is 10.5 Å². The van der Waals surface area contributed by atoms with Gasteiger partial charge in [0.05, 0.1) is 18.5 Å². The fourth-order valence-corrected chi connectivity index (χ4v) is 1.85. The van der Waals surface area contributed by atoms with Crippen LogP contribution in [0.3, 0.4) is 0 Å². The normalized spacial score (nSPS) is 16.3. The summed E-state index contributed by atoms with van der Waals surface area (Å²) < 4.78 is 5.01. The van der Waals surface area contributed by atoms with Gasteiger partial charge in [0.15, 0.2) is 5.69 Å². The van der Waals surface area contributed by atoms with Gasteiger partial charge in [-0.1, -0.05) is 11.8 Å². The number of thioether (sulfide) groups is 1. The molecule has 1 fully saturated rings. The molecule has 1 aliphatic heterocycles. The van der Waals surface area contributed by atoms with Gasteiger partial charge in [0.25, 0.3) is 0 Å². The number of aromatic carboxylic acids is 1. The molecule has 0 saturated carbocycles. The van der Waals surface area contributed by atoms with Crippen LogP contribution in [0.2, 0.25) is 0 Å². The molecule has 0 aromatic carbocycles. The molecular weight excluding hydrogens is 204 g/mol. The molecule has 6 heteroatoms. The second kappa shape index (κ2) is 3.93. The van der Waals surface area contributed by atoms with E-state index in [0.717, 1.165) is 18.2 Å². The Kier molecular flexibility index (Phi) is 2.64. The molecule has 14 heavy (non-hydrogen) atoms. The highest BCUT2D eigenvalue weighted by Crippen LogP contribution is 2.25. The highest BCUT2D eigenvalue weighted by atomic mass is 32.2. The lowest BCUT2D eigenvalue weighted by molar-refractivity contribution is 0.0454. The lowest BCUT2D eigenvalue weighted by Crippen LogP contribution is -2.30. The number of ether oxygens (including phenoxy) is 1. The molecule has 0 spiro atoms. The van der Waals surface area contributed by atoms with Crippen LogP contribution in [-0.4, -0.2) is 39.7 Å². The highest BCUT2D eigenvalue weighted by Gasteiger charge is 2.20. The van der Waals surface area contributed by atoms with Crippen LogP contribution in [0, 0.1) is 0 Å². The van der Waals surface area contributed by atoms with Gasteiger partial charge >= 0.3 is 5.97 Å². The third-order valence-electron chi connectivity index (χ3n) is 1.75. The SMILES string of the molecule is O=C(O)c1ccc(SC2COC2)nn1. The largest absolute Gasteiger partial charge is 0.476 e. The van der Waals surface area contributed by atoms with E-state index in [0.29, 0.717) is 5.25 Å². The van der Waals surface area contributed by atoms with Gasteiger partial charge in [0.2, 0.25) is 0 Å². The minimum Gasteiger partial charge on any atom is -0.476 e. The van der Waals surface area contributed by atoms with E-state index in [4.69, 9.17) is 9.84 Å². The van der Waals surface area contributed by atoms with Crippen molar-refractivity contribution in [2.24, 2.45) is 0 Å². The van der Waals surface area contributed by atoms with Crippen molar-refractivity contribution in [3.8, 4) is 0 Å². The summed E-state index contributed by atoms with van der Waals surface area (Å²) in [6.07, 6.45) is 0. The lowest BCUT2D eigenvalue weighted by atomic mass is 10.4. The molecule has 1 saturated heterocycles. The van der Waals surface area contributed by atoms with E-state index in [1.807, 2.05) is 0 Å². The third kappa shape index (κ3) is 2.02. The van der Waals surface area contributed by atoms with Crippen LogP contribution in [0.15, 0.2) is 17.2 Å². The summed E-state index contributed by atoms with van der Waals surface area (Å²) >= 11 is 1.56. The van der Waals surface area contributed by atoms with E-state index in [1.165, 1.54) is 6.07 Å². The van der Waals surface area contributed by atoms with Crippen molar-refractivity contribution in [3.05, 3.63) is 17.8 Å². The monoisotopic (exact) mass is 212 g/mol. The maximum absolute atomic E-state index is 10.5. The van der Waals surface area contributed by atoms with Gasteiger partial charge in [0.1, 0.15) is 5.03 Å². The maximum Gasteiger partial charge on any atom is 0.356 e. The smallest absolute Gasteiger partial charge is 0.356 e. The average Bonchev–Trinajstić information content (AvgIpc) is 2.12. The zero-order valence-electron chi connectivity index (χ0n) is 7.21. The van der Waals surface area contributed by atoms with Gasteiger partial charge in [-0.05, 0) is 12.1 Å². The second-order valence-corrected chi connectivity index (χ2v) is 4.16. The van der Waals surface area contributed by atoms with Gasteiger partial charge in [-0.3, -0.25) is 0 Å². The minimum atomic E-state index is -1.05. The topological polar surface area (TPSA) is 72.3 Å². The fourth-order valence-electron chi connectivity index (χ4n) is 0.950. The Balaban J connectivity index is 2.01. The van der Waals surface area contributed by atoms with Gasteiger partial charge in [-0.2, -0.15) is 0 Å². The van der Waals surface area contributed by atoms with E-state index < -0.39 is 5.97 Å². The van der Waals surface area contributed by atoms with Crippen molar-refractivity contribution in [2.75, 3.05) is 13.2 Å². The summed E-state index contributed by atoms with van der Waals surface area (Å²) in [6.45, 7) is 1.46. The van der Waals surface area contributed by atoms with E-state index in [2.05, 4.69) is 10.2 Å². The van der Waals surface area contributed by atoms with Crippen molar-refractivity contribution in [2.45, 2.75) is 10.3 Å². The van der Waals surface area contributed by atoms with Gasteiger partial charge in [-0.25, -0.2) is 4.79 Å². The van der Waals surface area contributed by atoms with Crippen LogP contribution >= 0.6 is 11.8 Å². The number of carboxylic acids is 1. The summed E-state index contributed by atoms with van der Waals surface area (Å²) in [6, 6.07) is 3.12. The fraction of sp³-hybridized carbons (Fsp3) is 0.375. The van der Waals surface area contributed by atoms with Crippen LogP contribution < -0.4 is 0 Å². The first-order chi connectivity index (χ1) is 6.75. The maximum atomic E-state index is 10.5. The Labute approximate surface area is 84.5 Å². The molecule has 0 unspecified atom stereocenters. The Morgan fingerprint density at radius 2 is 2.29 bits per heavy atom. The molecule has 1 aromatic heterocycles. The van der Waals surface area contributed by atoms with Crippen LogP contribution in [0.25, 0.3) is 0 Å². The predicted molar refractivity (Wildman–Crippen MR) is 49.5 cm³/mol. The summed E-state index contributed by atoms with van der Waals surface area (Å²) in [5, 5.41) is 17.1. The van der Waals surface area contributed by atoms with Crippen molar-refractivity contribution in [1.29, 1.82) is 0 Å². The average molecular weight is 212 g/mol. The van der Waals surface area contributed by atoms with Crippen molar-refractivity contribution < 1.29 is 14.6 Å². The molecule has 5 nitrogen and oxygen atoms in total. The molecule has 0 aliphatic carbocycles. The Morgan fingerprint density at radius 3 is 2.71 bits per heavy atom. The number of aromatic nitrogens is 2. The summed E-state index contributed by atoms with van der Waals surface area (Å²) in [5.41, 5.74) is -0.0285. The number of nitrogens with zero attached hydrogens (tertiary/aromatic N) is 2. The molecule has 2 heterocycles. The number of hydrogen-bond acceptors (Lipinski definition) is 5. The quantitative estimate of drug-likeness (QED) is 0.793. The van der Waals surface area contributed by atoms with Crippen molar-refractivity contribution in [3.63, 3.8) is 0 Å². The number of carboxylic acid groups (broad SMARTS) is 1. The Bertz CT molecular complexity index is 337. The molecule has 74 valence electrons. The van der Waals surface area contributed by atoms with Crippen LogP contribution in [0.4, 0.5) is 0 Å². The van der Waals surface area contributed by atoms with Crippen LogP contribution in [-0.2, 0) is 4.74 Å². The van der Waals surface area contributed by atoms with E-state index in [1.54, 1.807) is 17.8 Å². The number of carbonyl (C=O) groups is 1. The molecular formula is C8H8N2O3S. The molecule has 0 bridgehead atoms. The first-order valence-corrected chi connectivity index (χ1v) is 4.95. The molecule has 0 amide bonds.